The molecule has 0 aliphatic heterocycles. The van der Waals surface area contributed by atoms with Gasteiger partial charge in [0.1, 0.15) is 0 Å². The minimum atomic E-state index is 1.12. The van der Waals surface area contributed by atoms with E-state index >= 15 is 0 Å². The normalized spacial score (nSPS) is 11.3. The van der Waals surface area contributed by atoms with E-state index in [-0.39, 0.29) is 0 Å². The summed E-state index contributed by atoms with van der Waals surface area (Å²) in [5, 5.41) is 5.03. The zero-order chi connectivity index (χ0) is 35.8. The van der Waals surface area contributed by atoms with Crippen molar-refractivity contribution in [1.29, 1.82) is 0 Å². The van der Waals surface area contributed by atoms with E-state index < -0.39 is 0 Å². The van der Waals surface area contributed by atoms with Gasteiger partial charge in [-0.3, -0.25) is 0 Å². The number of rotatable bonds is 7. The number of nitrogens with zero attached hydrogens (tertiary/aromatic N) is 1. The van der Waals surface area contributed by atoms with Gasteiger partial charge in [0.2, 0.25) is 0 Å². The summed E-state index contributed by atoms with van der Waals surface area (Å²) in [6.45, 7) is 0. The maximum atomic E-state index is 2.44. The fourth-order valence-electron chi connectivity index (χ4n) is 7.77. The number of hydrogen-bond donors (Lipinski definition) is 0. The molecule has 54 heavy (non-hydrogen) atoms. The fraction of sp³-hybridized carbons (Fsp3) is 0. The van der Waals surface area contributed by atoms with E-state index in [9.17, 15) is 0 Å². The van der Waals surface area contributed by atoms with Crippen LogP contribution in [0.3, 0.4) is 0 Å². The predicted molar refractivity (Wildman–Crippen MR) is 233 cm³/mol. The zero-order valence-electron chi connectivity index (χ0n) is 29.6. The predicted octanol–water partition coefficient (Wildman–Crippen LogP) is 15.3. The molecule has 0 aliphatic rings. The van der Waals surface area contributed by atoms with E-state index in [4.69, 9.17) is 0 Å². The van der Waals surface area contributed by atoms with Gasteiger partial charge >= 0.3 is 0 Å². The Bertz CT molecular complexity index is 2910. The van der Waals surface area contributed by atoms with Crippen LogP contribution in [0.2, 0.25) is 0 Å². The van der Waals surface area contributed by atoms with E-state index in [1.165, 1.54) is 81.1 Å². The molecule has 0 amide bonds. The molecule has 1 heterocycles. The van der Waals surface area contributed by atoms with Gasteiger partial charge in [0.15, 0.2) is 0 Å². The van der Waals surface area contributed by atoms with Gasteiger partial charge in [-0.1, -0.05) is 170 Å². The average molecular weight is 706 g/mol. The second-order valence-corrected chi connectivity index (χ2v) is 14.8. The van der Waals surface area contributed by atoms with E-state index in [2.05, 4.69) is 217 Å². The van der Waals surface area contributed by atoms with Gasteiger partial charge in [0.25, 0.3) is 0 Å². The number of anilines is 3. The van der Waals surface area contributed by atoms with E-state index in [0.717, 1.165) is 11.4 Å². The Labute approximate surface area is 319 Å². The molecule has 2 heteroatoms. The highest BCUT2D eigenvalue weighted by molar-refractivity contribution is 7.26. The lowest BCUT2D eigenvalue weighted by atomic mass is 9.98. The van der Waals surface area contributed by atoms with Crippen molar-refractivity contribution in [3.05, 3.63) is 212 Å². The minimum Gasteiger partial charge on any atom is -0.310 e. The topological polar surface area (TPSA) is 3.24 Å². The van der Waals surface area contributed by atoms with Crippen LogP contribution < -0.4 is 4.90 Å². The highest BCUT2D eigenvalue weighted by atomic mass is 32.1. The first kappa shape index (κ1) is 32.0. The van der Waals surface area contributed by atoms with Crippen LogP contribution in [0.25, 0.3) is 75.5 Å². The van der Waals surface area contributed by atoms with Crippen LogP contribution in [0.4, 0.5) is 17.1 Å². The molecule has 0 aliphatic carbocycles. The smallest absolute Gasteiger partial charge is 0.0554 e. The standard InChI is InChI=1S/C52H35NS/c1-3-12-36(13-4-1)39-24-27-41(28-25-39)47-20-10-21-48-51-49(22-11-23-50(51)54-52(47)48)53(45-32-30-40(31-33-45)37-14-5-2-6-15-37)46-19-9-18-43(35-46)44-29-26-38-16-7-8-17-42(38)34-44/h1-35H. The molecule has 10 rings (SSSR count). The van der Waals surface area contributed by atoms with Gasteiger partial charge in [-0.05, 0) is 97.7 Å². The summed E-state index contributed by atoms with van der Waals surface area (Å²) in [6, 6.07) is 77.1. The van der Waals surface area contributed by atoms with Crippen LogP contribution in [-0.2, 0) is 0 Å². The van der Waals surface area contributed by atoms with Crippen molar-refractivity contribution >= 4 is 59.3 Å². The van der Waals surface area contributed by atoms with Gasteiger partial charge < -0.3 is 4.90 Å². The second kappa shape index (κ2) is 13.7. The average Bonchev–Trinajstić information content (AvgIpc) is 3.65. The molecule has 0 saturated carbocycles. The van der Waals surface area contributed by atoms with Crippen molar-refractivity contribution in [2.75, 3.05) is 4.90 Å². The Morgan fingerprint density at radius 1 is 0.333 bits per heavy atom. The first-order valence-electron chi connectivity index (χ1n) is 18.4. The number of hydrogen-bond acceptors (Lipinski definition) is 2. The molecule has 0 unspecified atom stereocenters. The first-order chi connectivity index (χ1) is 26.8. The maximum absolute atomic E-state index is 2.44. The van der Waals surface area contributed by atoms with E-state index in [1.54, 1.807) is 0 Å². The molecule has 9 aromatic carbocycles. The Balaban J connectivity index is 1.13. The molecule has 10 aromatic rings. The van der Waals surface area contributed by atoms with Gasteiger partial charge in [0.05, 0.1) is 5.69 Å². The van der Waals surface area contributed by atoms with Crippen molar-refractivity contribution in [3.8, 4) is 44.5 Å². The Morgan fingerprint density at radius 3 is 1.63 bits per heavy atom. The SMILES string of the molecule is c1ccc(-c2ccc(-c3cccc4c3sc3cccc(N(c5ccc(-c6ccccc6)cc5)c5cccc(-c6ccc7ccccc7c6)c5)c34)cc2)cc1. The van der Waals surface area contributed by atoms with Crippen molar-refractivity contribution < 1.29 is 0 Å². The monoisotopic (exact) mass is 705 g/mol. The van der Waals surface area contributed by atoms with Crippen LogP contribution in [0.1, 0.15) is 0 Å². The second-order valence-electron chi connectivity index (χ2n) is 13.7. The highest BCUT2D eigenvalue weighted by Crippen LogP contribution is 2.48. The summed E-state index contributed by atoms with van der Waals surface area (Å²) in [6.07, 6.45) is 0. The molecule has 1 nitrogen and oxygen atoms in total. The summed E-state index contributed by atoms with van der Waals surface area (Å²) >= 11 is 1.88. The third-order valence-corrected chi connectivity index (χ3v) is 11.7. The molecule has 0 radical (unpaired) electrons. The summed E-state index contributed by atoms with van der Waals surface area (Å²) < 4.78 is 2.57. The Hall–Kier alpha value is -6.74. The molecule has 0 bridgehead atoms. The van der Waals surface area contributed by atoms with Crippen LogP contribution in [0.5, 0.6) is 0 Å². The molecule has 254 valence electrons. The van der Waals surface area contributed by atoms with Crippen LogP contribution in [0.15, 0.2) is 212 Å². The quantitative estimate of drug-likeness (QED) is 0.160. The lowest BCUT2D eigenvalue weighted by molar-refractivity contribution is 1.30. The third-order valence-electron chi connectivity index (χ3n) is 10.5. The maximum Gasteiger partial charge on any atom is 0.0554 e. The molecular weight excluding hydrogens is 671 g/mol. The molecule has 0 atom stereocenters. The summed E-state index contributed by atoms with van der Waals surface area (Å²) in [4.78, 5) is 2.44. The molecule has 0 saturated heterocycles. The highest BCUT2D eigenvalue weighted by Gasteiger charge is 2.20. The molecule has 0 fully saturated rings. The van der Waals surface area contributed by atoms with Gasteiger partial charge in [-0.15, -0.1) is 11.3 Å². The number of fused-ring (bicyclic) bond motifs is 4. The summed E-state index contributed by atoms with van der Waals surface area (Å²) in [5.74, 6) is 0. The number of thiophene rings is 1. The van der Waals surface area contributed by atoms with Crippen molar-refractivity contribution in [2.45, 2.75) is 0 Å². The van der Waals surface area contributed by atoms with E-state index in [0.29, 0.717) is 0 Å². The van der Waals surface area contributed by atoms with Gasteiger partial charge in [0, 0.05) is 31.5 Å². The summed E-state index contributed by atoms with van der Waals surface area (Å²) in [7, 11) is 0. The van der Waals surface area contributed by atoms with Crippen molar-refractivity contribution in [1.82, 2.24) is 0 Å². The minimum absolute atomic E-state index is 1.12. The largest absolute Gasteiger partial charge is 0.310 e. The van der Waals surface area contributed by atoms with Gasteiger partial charge in [-0.2, -0.15) is 0 Å². The van der Waals surface area contributed by atoms with Crippen molar-refractivity contribution in [2.24, 2.45) is 0 Å². The van der Waals surface area contributed by atoms with Crippen LogP contribution in [-0.4, -0.2) is 0 Å². The molecule has 0 spiro atoms. The molecule has 0 N–H and O–H groups in total. The number of benzene rings is 9. The fourth-order valence-corrected chi connectivity index (χ4v) is 9.03. The third kappa shape index (κ3) is 5.84. The van der Waals surface area contributed by atoms with E-state index in [1.807, 2.05) is 11.3 Å². The zero-order valence-corrected chi connectivity index (χ0v) is 30.4. The Morgan fingerprint density at radius 2 is 0.889 bits per heavy atom. The lowest BCUT2D eigenvalue weighted by Crippen LogP contribution is -2.10. The molecule has 1 aromatic heterocycles. The summed E-state index contributed by atoms with van der Waals surface area (Å²) in [5.41, 5.74) is 13.2. The van der Waals surface area contributed by atoms with Crippen LogP contribution >= 0.6 is 11.3 Å². The molecular formula is C52H35NS. The Kier molecular flexibility index (Phi) is 8.09. The van der Waals surface area contributed by atoms with Crippen LogP contribution in [0, 0.1) is 0 Å². The van der Waals surface area contributed by atoms with Gasteiger partial charge in [-0.25, -0.2) is 0 Å². The lowest BCUT2D eigenvalue weighted by Gasteiger charge is -2.27. The first-order valence-corrected chi connectivity index (χ1v) is 19.2. The van der Waals surface area contributed by atoms with Crippen molar-refractivity contribution in [3.63, 3.8) is 0 Å².